The molecule has 0 bridgehead atoms. The molecular weight excluding hydrogens is 512 g/mol. The van der Waals surface area contributed by atoms with E-state index in [2.05, 4.69) is 24.5 Å². The van der Waals surface area contributed by atoms with E-state index in [-0.39, 0.29) is 30.4 Å². The van der Waals surface area contributed by atoms with E-state index in [9.17, 15) is 14.4 Å². The Morgan fingerprint density at radius 2 is 1.54 bits per heavy atom. The summed E-state index contributed by atoms with van der Waals surface area (Å²) in [6.45, 7) is 8.67. The van der Waals surface area contributed by atoms with Gasteiger partial charge in [-0.3, -0.25) is 14.5 Å². The smallest absolute Gasteiger partial charge is 0.408 e. The van der Waals surface area contributed by atoms with Crippen LogP contribution in [0, 0.1) is 11.8 Å². The number of carbonyl (C=O) groups excluding carboxylic acids is 3. The van der Waals surface area contributed by atoms with E-state index >= 15 is 0 Å². The van der Waals surface area contributed by atoms with Crippen LogP contribution >= 0.6 is 11.3 Å². The molecule has 9 heteroatoms. The molecule has 3 amide bonds. The maximum absolute atomic E-state index is 13.4. The number of hydrogen-bond acceptors (Lipinski definition) is 6. The monoisotopic (exact) mass is 550 g/mol. The van der Waals surface area contributed by atoms with Crippen molar-refractivity contribution in [3.8, 4) is 0 Å². The molecule has 0 radical (unpaired) electrons. The summed E-state index contributed by atoms with van der Waals surface area (Å²) >= 11 is 1.36. The van der Waals surface area contributed by atoms with Gasteiger partial charge in [-0.25, -0.2) is 9.78 Å². The highest BCUT2D eigenvalue weighted by atomic mass is 32.1. The molecule has 2 aromatic carbocycles. The van der Waals surface area contributed by atoms with Crippen molar-refractivity contribution in [1.82, 2.24) is 15.6 Å². The van der Waals surface area contributed by atoms with Crippen LogP contribution in [-0.4, -0.2) is 29.4 Å². The fourth-order valence-corrected chi connectivity index (χ4v) is 4.95. The summed E-state index contributed by atoms with van der Waals surface area (Å²) in [5, 5.41) is 8.28. The number of hydrogen-bond donors (Lipinski definition) is 2. The first-order valence-electron chi connectivity index (χ1n) is 13.2. The summed E-state index contributed by atoms with van der Waals surface area (Å²) in [6.07, 6.45) is 1.24. The van der Waals surface area contributed by atoms with Crippen molar-refractivity contribution >= 4 is 34.9 Å². The summed E-state index contributed by atoms with van der Waals surface area (Å²) in [4.78, 5) is 44.1. The van der Waals surface area contributed by atoms with Crippen molar-refractivity contribution in [3.05, 3.63) is 82.9 Å². The minimum atomic E-state index is -0.759. The molecule has 0 spiro atoms. The molecule has 0 unspecified atom stereocenters. The standard InChI is InChI=1S/C30H38N4O4S/c1-21(2)15-25(27-19-39-29(32-27)34(20-35)17-23-11-7-5-8-12-23)31-28(36)26(16-22(3)4)33-30(37)38-18-24-13-9-6-10-14-24/h5-14,19-22,25-26H,15-18H2,1-4H3,(H,31,36)(H,33,37)/t25-,26-/m0/s1. The number of benzene rings is 2. The van der Waals surface area contributed by atoms with Crippen molar-refractivity contribution in [2.45, 2.75) is 65.8 Å². The van der Waals surface area contributed by atoms with Gasteiger partial charge in [0, 0.05) is 5.38 Å². The second-order valence-corrected chi connectivity index (χ2v) is 11.2. The quantitative estimate of drug-likeness (QED) is 0.245. The first-order valence-corrected chi connectivity index (χ1v) is 14.1. The molecule has 0 aliphatic rings. The van der Waals surface area contributed by atoms with Gasteiger partial charge in [0.15, 0.2) is 5.13 Å². The van der Waals surface area contributed by atoms with E-state index in [0.717, 1.165) is 17.5 Å². The van der Waals surface area contributed by atoms with Gasteiger partial charge in [-0.15, -0.1) is 11.3 Å². The lowest BCUT2D eigenvalue weighted by atomic mass is 9.99. The number of aromatic nitrogens is 1. The van der Waals surface area contributed by atoms with Crippen LogP contribution in [0.25, 0.3) is 0 Å². The number of amides is 3. The van der Waals surface area contributed by atoms with E-state index in [1.165, 1.54) is 11.3 Å². The molecule has 39 heavy (non-hydrogen) atoms. The van der Waals surface area contributed by atoms with E-state index in [1.807, 2.05) is 79.9 Å². The normalized spacial score (nSPS) is 12.6. The molecule has 3 aromatic rings. The SMILES string of the molecule is CC(C)C[C@H](NC(=O)OCc1ccccc1)C(=O)N[C@@H](CC(C)C)c1csc(N(C=O)Cc2ccccc2)n1. The number of nitrogens with zero attached hydrogens (tertiary/aromatic N) is 2. The van der Waals surface area contributed by atoms with E-state index in [4.69, 9.17) is 9.72 Å². The molecule has 8 nitrogen and oxygen atoms in total. The molecule has 0 aliphatic carbocycles. The number of alkyl carbamates (subject to hydrolysis) is 1. The lowest BCUT2D eigenvalue weighted by Crippen LogP contribution is -2.48. The van der Waals surface area contributed by atoms with Crippen LogP contribution in [0.1, 0.15) is 63.4 Å². The fourth-order valence-electron chi connectivity index (χ4n) is 4.11. The van der Waals surface area contributed by atoms with Gasteiger partial charge in [0.05, 0.1) is 18.3 Å². The maximum atomic E-state index is 13.4. The minimum absolute atomic E-state index is 0.122. The van der Waals surface area contributed by atoms with Gasteiger partial charge >= 0.3 is 6.09 Å². The first-order chi connectivity index (χ1) is 18.7. The summed E-state index contributed by atoms with van der Waals surface area (Å²) in [7, 11) is 0. The van der Waals surface area contributed by atoms with Crippen molar-refractivity contribution in [2.75, 3.05) is 4.90 Å². The molecule has 3 rings (SSSR count). The zero-order valence-electron chi connectivity index (χ0n) is 23.0. The van der Waals surface area contributed by atoms with Crippen molar-refractivity contribution in [2.24, 2.45) is 11.8 Å². The lowest BCUT2D eigenvalue weighted by Gasteiger charge is -2.24. The number of nitrogens with one attached hydrogen (secondary N) is 2. The molecule has 0 fully saturated rings. The highest BCUT2D eigenvalue weighted by Gasteiger charge is 2.27. The first kappa shape index (κ1) is 29.8. The molecule has 2 atom stereocenters. The minimum Gasteiger partial charge on any atom is -0.445 e. The van der Waals surface area contributed by atoms with Crippen molar-refractivity contribution < 1.29 is 19.1 Å². The average molecular weight is 551 g/mol. The third-order valence-corrected chi connectivity index (χ3v) is 6.88. The molecule has 1 aromatic heterocycles. The zero-order chi connectivity index (χ0) is 28.2. The number of carbonyl (C=O) groups is 3. The average Bonchev–Trinajstić information content (AvgIpc) is 3.40. The highest BCUT2D eigenvalue weighted by molar-refractivity contribution is 7.13. The topological polar surface area (TPSA) is 101 Å². The Kier molecular flexibility index (Phi) is 11.5. The van der Waals surface area contributed by atoms with Crippen LogP contribution < -0.4 is 15.5 Å². The van der Waals surface area contributed by atoms with E-state index in [0.29, 0.717) is 30.2 Å². The number of thiazole rings is 1. The summed E-state index contributed by atoms with van der Waals surface area (Å²) < 4.78 is 5.36. The van der Waals surface area contributed by atoms with Gasteiger partial charge in [0.25, 0.3) is 0 Å². The van der Waals surface area contributed by atoms with Crippen LogP contribution in [0.4, 0.5) is 9.93 Å². The van der Waals surface area contributed by atoms with E-state index < -0.39 is 12.1 Å². The summed E-state index contributed by atoms with van der Waals surface area (Å²) in [6, 6.07) is 18.0. The van der Waals surface area contributed by atoms with Gasteiger partial charge in [0.2, 0.25) is 12.3 Å². The van der Waals surface area contributed by atoms with Gasteiger partial charge < -0.3 is 15.4 Å². The number of anilines is 1. The van der Waals surface area contributed by atoms with E-state index in [1.54, 1.807) is 4.90 Å². The summed E-state index contributed by atoms with van der Waals surface area (Å²) in [5.41, 5.74) is 2.55. The van der Waals surface area contributed by atoms with Gasteiger partial charge in [-0.05, 0) is 35.8 Å². The van der Waals surface area contributed by atoms with Crippen LogP contribution in [0.5, 0.6) is 0 Å². The molecule has 0 aliphatic heterocycles. The Morgan fingerprint density at radius 3 is 2.13 bits per heavy atom. The third kappa shape index (κ3) is 9.83. The Morgan fingerprint density at radius 1 is 0.923 bits per heavy atom. The lowest BCUT2D eigenvalue weighted by molar-refractivity contribution is -0.124. The maximum Gasteiger partial charge on any atom is 0.408 e. The zero-order valence-corrected chi connectivity index (χ0v) is 23.8. The molecule has 208 valence electrons. The summed E-state index contributed by atoms with van der Waals surface area (Å²) in [5.74, 6) is 0.153. The Balaban J connectivity index is 1.70. The van der Waals surface area contributed by atoms with Crippen molar-refractivity contribution in [3.63, 3.8) is 0 Å². The Labute approximate surface area is 234 Å². The predicted octanol–water partition coefficient (Wildman–Crippen LogP) is 5.85. The third-order valence-electron chi connectivity index (χ3n) is 5.99. The van der Waals surface area contributed by atoms with Crippen LogP contribution in [0.2, 0.25) is 0 Å². The number of ether oxygens (including phenoxy) is 1. The number of rotatable bonds is 14. The molecule has 0 saturated heterocycles. The molecule has 2 N–H and O–H groups in total. The van der Waals surface area contributed by atoms with Crippen LogP contribution in [0.15, 0.2) is 66.0 Å². The van der Waals surface area contributed by atoms with Crippen LogP contribution in [0.3, 0.4) is 0 Å². The van der Waals surface area contributed by atoms with Crippen LogP contribution in [-0.2, 0) is 27.5 Å². The molecule has 0 saturated carbocycles. The Bertz CT molecular complexity index is 1180. The molecular formula is C30H38N4O4S. The second kappa shape index (κ2) is 15.0. The molecule has 1 heterocycles. The van der Waals surface area contributed by atoms with Crippen molar-refractivity contribution in [1.29, 1.82) is 0 Å². The second-order valence-electron chi connectivity index (χ2n) is 10.4. The fraction of sp³-hybridized carbons (Fsp3) is 0.400. The highest BCUT2D eigenvalue weighted by Crippen LogP contribution is 2.28. The predicted molar refractivity (Wildman–Crippen MR) is 154 cm³/mol. The van der Waals surface area contributed by atoms with Gasteiger partial charge in [0.1, 0.15) is 12.6 Å². The largest absolute Gasteiger partial charge is 0.445 e. The van der Waals surface area contributed by atoms with Gasteiger partial charge in [-0.1, -0.05) is 88.4 Å². The Hall–Kier alpha value is -3.72. The van der Waals surface area contributed by atoms with Gasteiger partial charge in [-0.2, -0.15) is 0 Å².